The van der Waals surface area contributed by atoms with Crippen molar-refractivity contribution in [1.29, 1.82) is 0 Å². The minimum Gasteiger partial charge on any atom is -0.489 e. The van der Waals surface area contributed by atoms with Gasteiger partial charge in [-0.2, -0.15) is 0 Å². The van der Waals surface area contributed by atoms with Crippen molar-refractivity contribution in [2.75, 3.05) is 0 Å². The third-order valence-electron chi connectivity index (χ3n) is 6.41. The minimum absolute atomic E-state index is 0.0569. The van der Waals surface area contributed by atoms with Crippen molar-refractivity contribution in [3.63, 3.8) is 0 Å². The van der Waals surface area contributed by atoms with Crippen molar-refractivity contribution in [2.45, 2.75) is 54.9 Å². The topological polar surface area (TPSA) is 75.2 Å². The molecule has 6 heteroatoms. The number of carboxylic acids is 1. The molecule has 2 aromatic carbocycles. The molecule has 1 aromatic heterocycles. The van der Waals surface area contributed by atoms with Gasteiger partial charge >= 0.3 is 5.97 Å². The first kappa shape index (κ1) is 20.2. The van der Waals surface area contributed by atoms with Gasteiger partial charge in [-0.25, -0.2) is 9.78 Å². The molecule has 31 heavy (non-hydrogen) atoms. The highest BCUT2D eigenvalue weighted by molar-refractivity contribution is 7.99. The van der Waals surface area contributed by atoms with E-state index < -0.39 is 5.97 Å². The van der Waals surface area contributed by atoms with Crippen LogP contribution in [0.3, 0.4) is 0 Å². The third kappa shape index (κ3) is 4.22. The lowest BCUT2D eigenvalue weighted by molar-refractivity contribution is 0.0684. The van der Waals surface area contributed by atoms with E-state index in [-0.39, 0.29) is 17.0 Å². The monoisotopic (exact) mass is 434 g/mol. The molecule has 1 saturated carbocycles. The summed E-state index contributed by atoms with van der Waals surface area (Å²) in [5, 5.41) is 10.5. The first-order chi connectivity index (χ1) is 15.2. The molecule has 0 spiro atoms. The molecule has 5 nitrogen and oxygen atoms in total. The smallest absolute Gasteiger partial charge is 0.371 e. The quantitative estimate of drug-likeness (QED) is 0.483. The fraction of sp³-hybridized carbons (Fsp3) is 0.360. The molecule has 3 aromatic rings. The Hall–Kier alpha value is -2.73. The summed E-state index contributed by atoms with van der Waals surface area (Å²) in [5.74, 6) is 0.755. The predicted octanol–water partition coefficient (Wildman–Crippen LogP) is 6.20. The Bertz CT molecular complexity index is 1040. The van der Waals surface area contributed by atoms with E-state index >= 15 is 0 Å². The molecule has 0 saturated heterocycles. The second-order valence-electron chi connectivity index (χ2n) is 8.42. The molecule has 2 N–H and O–H groups in total. The lowest BCUT2D eigenvalue weighted by Crippen LogP contribution is -2.19. The summed E-state index contributed by atoms with van der Waals surface area (Å²) in [7, 11) is 0. The average Bonchev–Trinajstić information content (AvgIpc) is 3.38. The summed E-state index contributed by atoms with van der Waals surface area (Å²) >= 11 is 1.70. The maximum atomic E-state index is 11.4. The molecule has 0 bridgehead atoms. The standard InChI is InChI=1S/C25H26N2O3S/c28-25(29)23-26-21-20(17-9-5-2-6-10-17)22(31-24(21)27-23)18-11-13-19(14-12-18)30-15-16-7-3-1-4-8-16/h1,3-4,7-8,11-14,17,20,22H,2,5-6,9-10,15H2,(H,26,27)(H,28,29)/t20-,22-/m0/s1. The molecule has 1 aliphatic heterocycles. The van der Waals surface area contributed by atoms with Crippen molar-refractivity contribution >= 4 is 17.7 Å². The molecular formula is C25H26N2O3S. The first-order valence-corrected chi connectivity index (χ1v) is 11.8. The van der Waals surface area contributed by atoms with E-state index in [1.807, 2.05) is 30.3 Å². The van der Waals surface area contributed by atoms with Crippen LogP contribution in [0.2, 0.25) is 0 Å². The fourth-order valence-electron chi connectivity index (χ4n) is 4.88. The van der Waals surface area contributed by atoms with Crippen LogP contribution in [0.15, 0.2) is 59.6 Å². The maximum Gasteiger partial charge on any atom is 0.371 e. The molecule has 5 rings (SSSR count). The zero-order valence-corrected chi connectivity index (χ0v) is 18.1. The number of carboxylic acid groups (broad SMARTS) is 1. The molecule has 0 radical (unpaired) electrons. The molecule has 2 heterocycles. The number of rotatable bonds is 6. The van der Waals surface area contributed by atoms with Gasteiger partial charge in [0.1, 0.15) is 17.4 Å². The fourth-order valence-corrected chi connectivity index (χ4v) is 6.38. The molecule has 1 fully saturated rings. The molecule has 2 atom stereocenters. The van der Waals surface area contributed by atoms with Gasteiger partial charge in [0.15, 0.2) is 0 Å². The number of aromatic amines is 1. The first-order valence-electron chi connectivity index (χ1n) is 11.0. The van der Waals surface area contributed by atoms with Crippen molar-refractivity contribution < 1.29 is 14.6 Å². The van der Waals surface area contributed by atoms with Crippen molar-refractivity contribution in [2.24, 2.45) is 5.92 Å². The van der Waals surface area contributed by atoms with E-state index in [9.17, 15) is 9.90 Å². The van der Waals surface area contributed by atoms with Crippen LogP contribution in [-0.2, 0) is 6.61 Å². The van der Waals surface area contributed by atoms with Gasteiger partial charge in [-0.05, 0) is 42.0 Å². The Labute approximate surface area is 186 Å². The summed E-state index contributed by atoms with van der Waals surface area (Å²) in [6.45, 7) is 0.551. The number of ether oxygens (including phenoxy) is 1. The number of aromatic carboxylic acids is 1. The molecule has 0 amide bonds. The van der Waals surface area contributed by atoms with Gasteiger partial charge in [-0.15, -0.1) is 0 Å². The number of carbonyl (C=O) groups is 1. The van der Waals surface area contributed by atoms with Gasteiger partial charge < -0.3 is 14.8 Å². The number of hydrogen-bond acceptors (Lipinski definition) is 4. The van der Waals surface area contributed by atoms with Crippen molar-refractivity contribution in [3.8, 4) is 5.75 Å². The summed E-state index contributed by atoms with van der Waals surface area (Å²) in [5.41, 5.74) is 3.41. The molecule has 160 valence electrons. The Kier molecular flexibility index (Phi) is 5.72. The van der Waals surface area contributed by atoms with Gasteiger partial charge in [0.05, 0.1) is 5.69 Å². The number of hydrogen-bond donors (Lipinski definition) is 2. The van der Waals surface area contributed by atoms with E-state index in [4.69, 9.17) is 4.74 Å². The zero-order chi connectivity index (χ0) is 21.2. The second kappa shape index (κ2) is 8.79. The van der Waals surface area contributed by atoms with Crippen LogP contribution < -0.4 is 4.74 Å². The molecule has 0 unspecified atom stereocenters. The number of benzene rings is 2. The lowest BCUT2D eigenvalue weighted by Gasteiger charge is -2.31. The largest absolute Gasteiger partial charge is 0.489 e. The van der Waals surface area contributed by atoms with Crippen LogP contribution in [-0.4, -0.2) is 21.0 Å². The van der Waals surface area contributed by atoms with E-state index in [0.717, 1.165) is 22.0 Å². The van der Waals surface area contributed by atoms with Crippen molar-refractivity contribution in [3.05, 3.63) is 77.2 Å². The predicted molar refractivity (Wildman–Crippen MR) is 121 cm³/mol. The van der Waals surface area contributed by atoms with Crippen LogP contribution in [0.5, 0.6) is 5.75 Å². The van der Waals surface area contributed by atoms with Crippen LogP contribution in [0.25, 0.3) is 0 Å². The lowest BCUT2D eigenvalue weighted by atomic mass is 9.76. The van der Waals surface area contributed by atoms with Crippen molar-refractivity contribution in [1.82, 2.24) is 9.97 Å². The van der Waals surface area contributed by atoms with E-state index in [1.165, 1.54) is 37.7 Å². The van der Waals surface area contributed by atoms with Crippen LogP contribution in [0, 0.1) is 5.92 Å². The third-order valence-corrected chi connectivity index (χ3v) is 7.77. The van der Waals surface area contributed by atoms with Crippen LogP contribution >= 0.6 is 11.8 Å². The van der Waals surface area contributed by atoms with Gasteiger partial charge in [0, 0.05) is 11.2 Å². The van der Waals surface area contributed by atoms with Gasteiger partial charge in [-0.1, -0.05) is 73.5 Å². The highest BCUT2D eigenvalue weighted by atomic mass is 32.2. The van der Waals surface area contributed by atoms with Gasteiger partial charge in [0.2, 0.25) is 5.82 Å². The summed E-state index contributed by atoms with van der Waals surface area (Å²) in [4.78, 5) is 18.9. The van der Waals surface area contributed by atoms with E-state index in [0.29, 0.717) is 12.5 Å². The number of aromatic nitrogens is 2. The number of nitrogens with one attached hydrogen (secondary N) is 1. The Morgan fingerprint density at radius 3 is 2.52 bits per heavy atom. The van der Waals surface area contributed by atoms with Crippen LogP contribution in [0.1, 0.15) is 70.7 Å². The molecule has 1 aliphatic carbocycles. The highest BCUT2D eigenvalue weighted by Crippen LogP contribution is 2.58. The minimum atomic E-state index is -0.992. The van der Waals surface area contributed by atoms with Gasteiger partial charge in [-0.3, -0.25) is 0 Å². The van der Waals surface area contributed by atoms with E-state index in [1.54, 1.807) is 11.8 Å². The normalized spacial score (nSPS) is 21.0. The Balaban J connectivity index is 1.36. The highest BCUT2D eigenvalue weighted by Gasteiger charge is 2.42. The molecular weight excluding hydrogens is 408 g/mol. The Morgan fingerprint density at radius 1 is 1.06 bits per heavy atom. The average molecular weight is 435 g/mol. The van der Waals surface area contributed by atoms with Gasteiger partial charge in [0.25, 0.3) is 0 Å². The summed E-state index contributed by atoms with van der Waals surface area (Å²) in [6, 6.07) is 18.5. The Morgan fingerprint density at radius 2 is 1.81 bits per heavy atom. The number of fused-ring (bicyclic) bond motifs is 1. The van der Waals surface area contributed by atoms with Crippen LogP contribution in [0.4, 0.5) is 0 Å². The number of H-pyrrole nitrogens is 1. The van der Waals surface area contributed by atoms with E-state index in [2.05, 4.69) is 34.2 Å². The summed E-state index contributed by atoms with van der Waals surface area (Å²) < 4.78 is 5.95. The number of imidazole rings is 1. The second-order valence-corrected chi connectivity index (χ2v) is 9.55. The SMILES string of the molecule is O=C(O)c1nc2c([nH]1)[C@H](C1CCCCC1)[C@H](c1ccc(OCc3ccccc3)cc1)S2. The zero-order valence-electron chi connectivity index (χ0n) is 17.3. The molecule has 2 aliphatic rings. The number of nitrogens with zero attached hydrogens (tertiary/aromatic N) is 1. The summed E-state index contributed by atoms with van der Waals surface area (Å²) in [6.07, 6.45) is 6.19. The number of thioether (sulfide) groups is 1. The maximum absolute atomic E-state index is 11.4.